The molecule has 0 radical (unpaired) electrons. The lowest BCUT2D eigenvalue weighted by molar-refractivity contribution is 0.0866. The maximum Gasteiger partial charge on any atom is 0.268 e. The standard InChI is InChI=1S/C16H18N2O3S/c1-3-18(16(19)13-9-5-4-6-10-13)22(20,21)14-11-7-8-12(2)15(14)17/h4-11H,3,17H2,1-2H3. The van der Waals surface area contributed by atoms with Gasteiger partial charge in [-0.2, -0.15) is 0 Å². The summed E-state index contributed by atoms with van der Waals surface area (Å²) < 4.78 is 26.4. The van der Waals surface area contributed by atoms with Crippen LogP contribution in [0.5, 0.6) is 0 Å². The first-order chi connectivity index (χ1) is 10.4. The van der Waals surface area contributed by atoms with Gasteiger partial charge in [-0.1, -0.05) is 30.3 Å². The number of anilines is 1. The Balaban J connectivity index is 2.50. The first-order valence-corrected chi connectivity index (χ1v) is 8.30. The predicted octanol–water partition coefficient (Wildman–Crippen LogP) is 2.43. The largest absolute Gasteiger partial charge is 0.397 e. The number of rotatable bonds is 4. The van der Waals surface area contributed by atoms with E-state index in [9.17, 15) is 13.2 Å². The first kappa shape index (κ1) is 16.0. The average molecular weight is 318 g/mol. The molecule has 0 aliphatic heterocycles. The van der Waals surface area contributed by atoms with E-state index in [4.69, 9.17) is 5.73 Å². The van der Waals surface area contributed by atoms with Gasteiger partial charge in [-0.25, -0.2) is 12.7 Å². The summed E-state index contributed by atoms with van der Waals surface area (Å²) >= 11 is 0. The summed E-state index contributed by atoms with van der Waals surface area (Å²) in [5.74, 6) is -0.566. The maximum absolute atomic E-state index is 12.8. The summed E-state index contributed by atoms with van der Waals surface area (Å²) in [5, 5.41) is 0. The van der Waals surface area contributed by atoms with Crippen LogP contribution >= 0.6 is 0 Å². The highest BCUT2D eigenvalue weighted by molar-refractivity contribution is 7.89. The molecule has 2 aromatic carbocycles. The molecule has 22 heavy (non-hydrogen) atoms. The number of amides is 1. The monoisotopic (exact) mass is 318 g/mol. The second kappa shape index (κ2) is 6.19. The number of nitrogen functional groups attached to an aromatic ring is 1. The first-order valence-electron chi connectivity index (χ1n) is 6.86. The van der Waals surface area contributed by atoms with Gasteiger partial charge in [0.2, 0.25) is 0 Å². The van der Waals surface area contributed by atoms with Crippen LogP contribution in [0, 0.1) is 6.92 Å². The van der Waals surface area contributed by atoms with Crippen molar-refractivity contribution in [1.29, 1.82) is 0 Å². The summed E-state index contributed by atoms with van der Waals surface area (Å²) in [5.41, 5.74) is 7.03. The van der Waals surface area contributed by atoms with Crippen LogP contribution in [-0.2, 0) is 10.0 Å². The molecule has 6 heteroatoms. The van der Waals surface area contributed by atoms with Crippen molar-refractivity contribution in [1.82, 2.24) is 4.31 Å². The Bertz CT molecular complexity index is 786. The van der Waals surface area contributed by atoms with Gasteiger partial charge in [0, 0.05) is 12.1 Å². The van der Waals surface area contributed by atoms with Crippen LogP contribution in [0.1, 0.15) is 22.8 Å². The van der Waals surface area contributed by atoms with Crippen molar-refractivity contribution < 1.29 is 13.2 Å². The van der Waals surface area contributed by atoms with E-state index < -0.39 is 15.9 Å². The van der Waals surface area contributed by atoms with Gasteiger partial charge in [0.1, 0.15) is 4.90 Å². The van der Waals surface area contributed by atoms with E-state index in [0.717, 1.165) is 4.31 Å². The fourth-order valence-electron chi connectivity index (χ4n) is 2.14. The molecule has 0 saturated carbocycles. The lowest BCUT2D eigenvalue weighted by Crippen LogP contribution is -2.37. The summed E-state index contributed by atoms with van der Waals surface area (Å²) in [6, 6.07) is 13.1. The Morgan fingerprint density at radius 1 is 1.09 bits per heavy atom. The Hall–Kier alpha value is -2.34. The average Bonchev–Trinajstić information content (AvgIpc) is 2.51. The van der Waals surface area contributed by atoms with Crippen molar-refractivity contribution in [2.45, 2.75) is 18.7 Å². The van der Waals surface area contributed by atoms with E-state index in [1.54, 1.807) is 56.3 Å². The van der Waals surface area contributed by atoms with Gasteiger partial charge in [-0.3, -0.25) is 4.79 Å². The van der Waals surface area contributed by atoms with Crippen molar-refractivity contribution in [3.05, 3.63) is 59.7 Å². The van der Waals surface area contributed by atoms with Crippen LogP contribution in [0.4, 0.5) is 5.69 Å². The normalized spacial score (nSPS) is 11.2. The molecule has 116 valence electrons. The molecule has 1 amide bonds. The van der Waals surface area contributed by atoms with Gasteiger partial charge >= 0.3 is 0 Å². The molecule has 0 heterocycles. The summed E-state index contributed by atoms with van der Waals surface area (Å²) in [4.78, 5) is 12.5. The number of carbonyl (C=O) groups excluding carboxylic acids is 1. The molecule has 0 aromatic heterocycles. The molecular weight excluding hydrogens is 300 g/mol. The molecule has 0 fully saturated rings. The Kier molecular flexibility index (Phi) is 4.51. The lowest BCUT2D eigenvalue weighted by Gasteiger charge is -2.22. The topological polar surface area (TPSA) is 80.5 Å². The van der Waals surface area contributed by atoms with Crippen molar-refractivity contribution >= 4 is 21.6 Å². The molecule has 0 unspecified atom stereocenters. The lowest BCUT2D eigenvalue weighted by atomic mass is 10.2. The minimum Gasteiger partial charge on any atom is -0.397 e. The third-order valence-corrected chi connectivity index (χ3v) is 5.30. The quantitative estimate of drug-likeness (QED) is 0.878. The number of hydrogen-bond acceptors (Lipinski definition) is 4. The van der Waals surface area contributed by atoms with Crippen LogP contribution < -0.4 is 5.73 Å². The van der Waals surface area contributed by atoms with Crippen LogP contribution in [0.2, 0.25) is 0 Å². The molecule has 0 spiro atoms. The van der Waals surface area contributed by atoms with Gasteiger partial charge < -0.3 is 5.73 Å². The Morgan fingerprint density at radius 2 is 1.73 bits per heavy atom. The minimum atomic E-state index is -3.99. The molecule has 2 aromatic rings. The SMILES string of the molecule is CCN(C(=O)c1ccccc1)S(=O)(=O)c1cccc(C)c1N. The molecule has 5 nitrogen and oxygen atoms in total. The number of benzene rings is 2. The second-order valence-electron chi connectivity index (χ2n) is 4.83. The zero-order chi connectivity index (χ0) is 16.3. The fraction of sp³-hybridized carbons (Fsp3) is 0.188. The van der Waals surface area contributed by atoms with E-state index in [0.29, 0.717) is 11.1 Å². The summed E-state index contributed by atoms with van der Waals surface area (Å²) in [7, 11) is -3.99. The molecule has 0 bridgehead atoms. The number of aryl methyl sites for hydroxylation is 1. The van der Waals surface area contributed by atoms with Crippen molar-refractivity contribution in [3.63, 3.8) is 0 Å². The minimum absolute atomic E-state index is 0.0312. The van der Waals surface area contributed by atoms with E-state index in [2.05, 4.69) is 0 Å². The van der Waals surface area contributed by atoms with Crippen molar-refractivity contribution in [2.75, 3.05) is 12.3 Å². The van der Waals surface area contributed by atoms with E-state index in [-0.39, 0.29) is 17.1 Å². The zero-order valence-electron chi connectivity index (χ0n) is 12.5. The van der Waals surface area contributed by atoms with Crippen LogP contribution in [0.3, 0.4) is 0 Å². The Morgan fingerprint density at radius 3 is 2.32 bits per heavy atom. The van der Waals surface area contributed by atoms with Crippen LogP contribution in [0.25, 0.3) is 0 Å². The predicted molar refractivity (Wildman–Crippen MR) is 85.9 cm³/mol. The van der Waals surface area contributed by atoms with Crippen molar-refractivity contribution in [3.8, 4) is 0 Å². The van der Waals surface area contributed by atoms with E-state index >= 15 is 0 Å². The zero-order valence-corrected chi connectivity index (χ0v) is 13.3. The van der Waals surface area contributed by atoms with Gasteiger partial charge in [-0.15, -0.1) is 0 Å². The van der Waals surface area contributed by atoms with Gasteiger partial charge in [0.05, 0.1) is 5.69 Å². The number of nitrogens with zero attached hydrogens (tertiary/aromatic N) is 1. The highest BCUT2D eigenvalue weighted by Gasteiger charge is 2.30. The molecule has 2 rings (SSSR count). The van der Waals surface area contributed by atoms with Gasteiger partial charge in [0.15, 0.2) is 0 Å². The second-order valence-corrected chi connectivity index (χ2v) is 6.66. The number of para-hydroxylation sites is 1. The molecule has 0 atom stereocenters. The highest BCUT2D eigenvalue weighted by atomic mass is 32.2. The van der Waals surface area contributed by atoms with Crippen molar-refractivity contribution in [2.24, 2.45) is 0 Å². The molecular formula is C16H18N2O3S. The third kappa shape index (κ3) is 2.82. The van der Waals surface area contributed by atoms with Gasteiger partial charge in [-0.05, 0) is 37.6 Å². The summed E-state index contributed by atoms with van der Waals surface area (Å²) in [6.07, 6.45) is 0. The Labute approximate surface area is 130 Å². The molecule has 2 N–H and O–H groups in total. The van der Waals surface area contributed by atoms with Gasteiger partial charge in [0.25, 0.3) is 15.9 Å². The smallest absolute Gasteiger partial charge is 0.268 e. The van der Waals surface area contributed by atoms with Crippen LogP contribution in [0.15, 0.2) is 53.4 Å². The number of sulfonamides is 1. The highest BCUT2D eigenvalue weighted by Crippen LogP contribution is 2.26. The number of hydrogen-bond donors (Lipinski definition) is 1. The summed E-state index contributed by atoms with van der Waals surface area (Å²) in [6.45, 7) is 3.37. The van der Waals surface area contributed by atoms with E-state index in [1.165, 1.54) is 6.07 Å². The van der Waals surface area contributed by atoms with Crippen LogP contribution in [-0.4, -0.2) is 25.2 Å². The molecule has 0 aliphatic carbocycles. The number of carbonyl (C=O) groups is 1. The molecule has 0 saturated heterocycles. The third-order valence-electron chi connectivity index (χ3n) is 3.39. The van der Waals surface area contributed by atoms with E-state index in [1.807, 2.05) is 0 Å². The fourth-order valence-corrected chi connectivity index (χ4v) is 3.74. The number of nitrogens with two attached hydrogens (primary N) is 1. The maximum atomic E-state index is 12.8. The molecule has 0 aliphatic rings.